The lowest BCUT2D eigenvalue weighted by atomic mass is 10.0. The summed E-state index contributed by atoms with van der Waals surface area (Å²) >= 11 is 0. The molecule has 2 aromatic carbocycles. The highest BCUT2D eigenvalue weighted by molar-refractivity contribution is 5.93. The first-order valence-electron chi connectivity index (χ1n) is 6.93. The van der Waals surface area contributed by atoms with Crippen LogP contribution < -0.4 is 5.73 Å². The van der Waals surface area contributed by atoms with Gasteiger partial charge in [0, 0.05) is 16.5 Å². The van der Waals surface area contributed by atoms with Crippen LogP contribution in [0.1, 0.15) is 21.5 Å². The topological polar surface area (TPSA) is 56.0 Å². The summed E-state index contributed by atoms with van der Waals surface area (Å²) < 4.78 is 13.5. The standard InChI is InChI=1S/C18H15FN2O/c1-10-8-16(12-3-5-13(6-4-12)18(20)22)21-17-11(2)7-14(19)9-15(10)17/h3-9H,1-2H3,(H2,20,22). The average molecular weight is 294 g/mol. The molecular formula is C18H15FN2O. The fraction of sp³-hybridized carbons (Fsp3) is 0.111. The fourth-order valence-corrected chi connectivity index (χ4v) is 2.57. The third-order valence-electron chi connectivity index (χ3n) is 3.74. The number of aryl methyl sites for hydroxylation is 2. The first kappa shape index (κ1) is 14.2. The maximum absolute atomic E-state index is 13.5. The third-order valence-corrected chi connectivity index (χ3v) is 3.74. The number of nitrogens with two attached hydrogens (primary N) is 1. The highest BCUT2D eigenvalue weighted by atomic mass is 19.1. The molecule has 2 N–H and O–H groups in total. The van der Waals surface area contributed by atoms with E-state index in [2.05, 4.69) is 4.98 Å². The SMILES string of the molecule is Cc1cc(-c2ccc(C(N)=O)cc2)nc2c(C)cc(F)cc12. The van der Waals surface area contributed by atoms with Crippen LogP contribution in [0.4, 0.5) is 4.39 Å². The lowest BCUT2D eigenvalue weighted by Gasteiger charge is -2.09. The summed E-state index contributed by atoms with van der Waals surface area (Å²) in [7, 11) is 0. The van der Waals surface area contributed by atoms with Crippen molar-refractivity contribution in [1.82, 2.24) is 4.98 Å². The molecule has 3 rings (SSSR count). The van der Waals surface area contributed by atoms with Crippen molar-refractivity contribution < 1.29 is 9.18 Å². The lowest BCUT2D eigenvalue weighted by molar-refractivity contribution is 0.100. The Bertz CT molecular complexity index is 886. The number of aromatic nitrogens is 1. The van der Waals surface area contributed by atoms with Gasteiger partial charge in [0.2, 0.25) is 5.91 Å². The number of benzene rings is 2. The number of primary amides is 1. The number of amides is 1. The van der Waals surface area contributed by atoms with E-state index in [1.807, 2.05) is 32.0 Å². The molecule has 1 aromatic heterocycles. The van der Waals surface area contributed by atoms with E-state index in [0.29, 0.717) is 5.56 Å². The van der Waals surface area contributed by atoms with Gasteiger partial charge in [-0.1, -0.05) is 12.1 Å². The van der Waals surface area contributed by atoms with E-state index < -0.39 is 5.91 Å². The van der Waals surface area contributed by atoms with Crippen LogP contribution in [0, 0.1) is 19.7 Å². The van der Waals surface area contributed by atoms with Crippen LogP contribution in [0.25, 0.3) is 22.2 Å². The number of hydrogen-bond acceptors (Lipinski definition) is 2. The molecule has 3 aromatic rings. The van der Waals surface area contributed by atoms with E-state index in [1.165, 1.54) is 12.1 Å². The highest BCUT2D eigenvalue weighted by Crippen LogP contribution is 2.27. The highest BCUT2D eigenvalue weighted by Gasteiger charge is 2.09. The van der Waals surface area contributed by atoms with E-state index in [4.69, 9.17) is 5.73 Å². The summed E-state index contributed by atoms with van der Waals surface area (Å²) in [6.45, 7) is 3.78. The van der Waals surface area contributed by atoms with Gasteiger partial charge < -0.3 is 5.73 Å². The van der Waals surface area contributed by atoms with E-state index in [0.717, 1.165) is 33.3 Å². The van der Waals surface area contributed by atoms with E-state index in [9.17, 15) is 9.18 Å². The zero-order chi connectivity index (χ0) is 15.9. The van der Waals surface area contributed by atoms with Crippen molar-refractivity contribution in [3.63, 3.8) is 0 Å². The molecule has 4 heteroatoms. The number of rotatable bonds is 2. The molecule has 3 nitrogen and oxygen atoms in total. The normalized spacial score (nSPS) is 10.9. The van der Waals surface area contributed by atoms with Gasteiger partial charge in [-0.3, -0.25) is 4.79 Å². The molecule has 0 saturated carbocycles. The maximum atomic E-state index is 13.5. The van der Waals surface area contributed by atoms with Crippen LogP contribution in [-0.4, -0.2) is 10.9 Å². The molecule has 0 radical (unpaired) electrons. The Morgan fingerprint density at radius 2 is 1.73 bits per heavy atom. The molecule has 0 aliphatic rings. The average Bonchev–Trinajstić information content (AvgIpc) is 2.48. The van der Waals surface area contributed by atoms with Crippen LogP contribution in [0.15, 0.2) is 42.5 Å². The molecule has 1 amide bonds. The molecule has 0 atom stereocenters. The molecule has 110 valence electrons. The van der Waals surface area contributed by atoms with Crippen LogP contribution >= 0.6 is 0 Å². The van der Waals surface area contributed by atoms with Crippen molar-refractivity contribution in [2.75, 3.05) is 0 Å². The predicted molar refractivity (Wildman–Crippen MR) is 85.1 cm³/mol. The number of carbonyl (C=O) groups excluding carboxylic acids is 1. The smallest absolute Gasteiger partial charge is 0.248 e. The van der Waals surface area contributed by atoms with Crippen molar-refractivity contribution in [3.05, 3.63) is 65.0 Å². The van der Waals surface area contributed by atoms with E-state index in [-0.39, 0.29) is 5.82 Å². The Labute approximate surface area is 127 Å². The first-order chi connectivity index (χ1) is 10.5. The van der Waals surface area contributed by atoms with Gasteiger partial charge in [-0.2, -0.15) is 0 Å². The van der Waals surface area contributed by atoms with Crippen LogP contribution in [0.2, 0.25) is 0 Å². The van der Waals surface area contributed by atoms with Crippen molar-refractivity contribution in [2.24, 2.45) is 5.73 Å². The first-order valence-corrected chi connectivity index (χ1v) is 6.93. The molecular weight excluding hydrogens is 279 g/mol. The van der Waals surface area contributed by atoms with Crippen molar-refractivity contribution in [3.8, 4) is 11.3 Å². The summed E-state index contributed by atoms with van der Waals surface area (Å²) in [6.07, 6.45) is 0. The maximum Gasteiger partial charge on any atom is 0.248 e. The van der Waals surface area contributed by atoms with Gasteiger partial charge in [0.25, 0.3) is 0 Å². The Balaban J connectivity index is 2.17. The van der Waals surface area contributed by atoms with Gasteiger partial charge in [-0.15, -0.1) is 0 Å². The quantitative estimate of drug-likeness (QED) is 0.782. The second-order valence-corrected chi connectivity index (χ2v) is 5.38. The lowest BCUT2D eigenvalue weighted by Crippen LogP contribution is -2.10. The molecule has 0 aliphatic heterocycles. The van der Waals surface area contributed by atoms with Crippen LogP contribution in [-0.2, 0) is 0 Å². The van der Waals surface area contributed by atoms with Crippen LogP contribution in [0.5, 0.6) is 0 Å². The van der Waals surface area contributed by atoms with Crippen LogP contribution in [0.3, 0.4) is 0 Å². The largest absolute Gasteiger partial charge is 0.366 e. The second-order valence-electron chi connectivity index (χ2n) is 5.38. The molecule has 0 bridgehead atoms. The summed E-state index contributed by atoms with van der Waals surface area (Å²) in [5, 5.41) is 0.815. The summed E-state index contributed by atoms with van der Waals surface area (Å²) in [6, 6.07) is 11.9. The number of pyridine rings is 1. The Morgan fingerprint density at radius 1 is 1.05 bits per heavy atom. The predicted octanol–water partition coefficient (Wildman–Crippen LogP) is 3.76. The van der Waals surface area contributed by atoms with Crippen molar-refractivity contribution in [1.29, 1.82) is 0 Å². The Hall–Kier alpha value is -2.75. The Morgan fingerprint density at radius 3 is 2.36 bits per heavy atom. The number of nitrogens with zero attached hydrogens (tertiary/aromatic N) is 1. The van der Waals surface area contributed by atoms with E-state index in [1.54, 1.807) is 12.1 Å². The molecule has 0 fully saturated rings. The minimum Gasteiger partial charge on any atom is -0.366 e. The molecule has 0 aliphatic carbocycles. The molecule has 22 heavy (non-hydrogen) atoms. The van der Waals surface area contributed by atoms with Gasteiger partial charge in [-0.05, 0) is 55.3 Å². The van der Waals surface area contributed by atoms with Gasteiger partial charge in [-0.25, -0.2) is 9.37 Å². The molecule has 0 spiro atoms. The number of fused-ring (bicyclic) bond motifs is 1. The van der Waals surface area contributed by atoms with E-state index >= 15 is 0 Å². The zero-order valence-corrected chi connectivity index (χ0v) is 12.4. The number of halogens is 1. The summed E-state index contributed by atoms with van der Waals surface area (Å²) in [5.74, 6) is -0.714. The zero-order valence-electron chi connectivity index (χ0n) is 12.4. The molecule has 1 heterocycles. The van der Waals surface area contributed by atoms with Crippen molar-refractivity contribution in [2.45, 2.75) is 13.8 Å². The summed E-state index contributed by atoms with van der Waals surface area (Å²) in [5.41, 5.74) is 9.93. The van der Waals surface area contributed by atoms with Gasteiger partial charge >= 0.3 is 0 Å². The monoisotopic (exact) mass is 294 g/mol. The summed E-state index contributed by atoms with van der Waals surface area (Å²) in [4.78, 5) is 15.8. The molecule has 0 saturated heterocycles. The fourth-order valence-electron chi connectivity index (χ4n) is 2.57. The van der Waals surface area contributed by atoms with Crippen molar-refractivity contribution >= 4 is 16.8 Å². The third kappa shape index (κ3) is 2.44. The second kappa shape index (κ2) is 5.22. The Kier molecular flexibility index (Phi) is 3.37. The van der Waals surface area contributed by atoms with Gasteiger partial charge in [0.05, 0.1) is 11.2 Å². The van der Waals surface area contributed by atoms with Gasteiger partial charge in [0.1, 0.15) is 5.82 Å². The van der Waals surface area contributed by atoms with Gasteiger partial charge in [0.15, 0.2) is 0 Å². The molecule has 0 unspecified atom stereocenters. The number of carbonyl (C=O) groups is 1. The minimum absolute atomic E-state index is 0.256. The minimum atomic E-state index is -0.458. The number of hydrogen-bond donors (Lipinski definition) is 1.